The Bertz CT molecular complexity index is 898. The maximum Gasteiger partial charge on any atom is 0.291 e. The van der Waals surface area contributed by atoms with Crippen molar-refractivity contribution >= 4 is 27.5 Å². The standard InChI is InChI=1S/C17H16BrN3O3/c1-10-16(18)11(2)21(20-10)9-12-7-8-15(24-12)17(23)19-13-5-3-4-6-14(13)22/h3-8,22H,9H2,1-2H3,(H,19,23). The van der Waals surface area contributed by atoms with Gasteiger partial charge >= 0.3 is 0 Å². The Morgan fingerprint density at radius 1 is 1.29 bits per heavy atom. The Hall–Kier alpha value is -2.54. The normalized spacial score (nSPS) is 10.8. The molecule has 2 N–H and O–H groups in total. The summed E-state index contributed by atoms with van der Waals surface area (Å²) < 4.78 is 8.37. The summed E-state index contributed by atoms with van der Waals surface area (Å²) in [6.07, 6.45) is 0. The van der Waals surface area contributed by atoms with Crippen molar-refractivity contribution in [2.24, 2.45) is 0 Å². The number of para-hydroxylation sites is 2. The van der Waals surface area contributed by atoms with E-state index in [1.54, 1.807) is 30.3 Å². The van der Waals surface area contributed by atoms with Crippen LogP contribution < -0.4 is 5.32 Å². The number of hydrogen-bond donors (Lipinski definition) is 2. The zero-order valence-corrected chi connectivity index (χ0v) is 14.8. The molecule has 0 atom stereocenters. The molecule has 0 unspecified atom stereocenters. The fourth-order valence-electron chi connectivity index (χ4n) is 2.32. The lowest BCUT2D eigenvalue weighted by atomic mass is 10.3. The number of nitrogens with zero attached hydrogens (tertiary/aromatic N) is 2. The van der Waals surface area contributed by atoms with E-state index in [9.17, 15) is 9.90 Å². The molecule has 7 heteroatoms. The lowest BCUT2D eigenvalue weighted by molar-refractivity contribution is 0.0994. The predicted molar refractivity (Wildman–Crippen MR) is 93.3 cm³/mol. The third kappa shape index (κ3) is 3.21. The van der Waals surface area contributed by atoms with Crippen LogP contribution in [-0.2, 0) is 6.54 Å². The number of aromatic nitrogens is 2. The number of anilines is 1. The molecule has 3 aromatic rings. The number of benzene rings is 1. The molecule has 0 fully saturated rings. The molecule has 3 rings (SSSR count). The highest BCUT2D eigenvalue weighted by Crippen LogP contribution is 2.23. The fourth-order valence-corrected chi connectivity index (χ4v) is 2.61. The number of carbonyl (C=O) groups is 1. The Morgan fingerprint density at radius 2 is 2.04 bits per heavy atom. The topological polar surface area (TPSA) is 80.3 Å². The number of phenolic OH excluding ortho intramolecular Hbond substituents is 1. The SMILES string of the molecule is Cc1nn(Cc2ccc(C(=O)Nc3ccccc3O)o2)c(C)c1Br. The average molecular weight is 390 g/mol. The van der Waals surface area contributed by atoms with Crippen molar-refractivity contribution < 1.29 is 14.3 Å². The molecule has 2 heterocycles. The van der Waals surface area contributed by atoms with E-state index in [-0.39, 0.29) is 11.5 Å². The molecular weight excluding hydrogens is 374 g/mol. The highest BCUT2D eigenvalue weighted by molar-refractivity contribution is 9.10. The molecule has 24 heavy (non-hydrogen) atoms. The summed E-state index contributed by atoms with van der Waals surface area (Å²) in [7, 11) is 0. The molecule has 0 saturated carbocycles. The summed E-state index contributed by atoms with van der Waals surface area (Å²) >= 11 is 3.48. The highest BCUT2D eigenvalue weighted by Gasteiger charge is 2.15. The number of rotatable bonds is 4. The number of aryl methyl sites for hydroxylation is 1. The second-order valence-corrected chi connectivity index (χ2v) is 6.17. The number of halogens is 1. The Labute approximate surface area is 147 Å². The fraction of sp³-hybridized carbons (Fsp3) is 0.176. The van der Waals surface area contributed by atoms with E-state index in [2.05, 4.69) is 26.3 Å². The molecule has 0 aliphatic carbocycles. The largest absolute Gasteiger partial charge is 0.506 e. The molecule has 0 radical (unpaired) electrons. The van der Waals surface area contributed by atoms with E-state index in [0.717, 1.165) is 15.9 Å². The first-order chi connectivity index (χ1) is 11.5. The summed E-state index contributed by atoms with van der Waals surface area (Å²) in [5.74, 6) is 0.381. The van der Waals surface area contributed by atoms with Gasteiger partial charge in [0.05, 0.1) is 28.1 Å². The van der Waals surface area contributed by atoms with Crippen LogP contribution in [0.25, 0.3) is 0 Å². The van der Waals surface area contributed by atoms with Crippen LogP contribution in [0.1, 0.15) is 27.7 Å². The van der Waals surface area contributed by atoms with Crippen LogP contribution in [0.4, 0.5) is 5.69 Å². The van der Waals surface area contributed by atoms with Gasteiger partial charge in [-0.05, 0) is 54.0 Å². The van der Waals surface area contributed by atoms with Crippen LogP contribution in [0.3, 0.4) is 0 Å². The maximum absolute atomic E-state index is 12.2. The Kier molecular flexibility index (Phi) is 4.44. The van der Waals surface area contributed by atoms with Gasteiger partial charge in [-0.1, -0.05) is 12.1 Å². The van der Waals surface area contributed by atoms with E-state index >= 15 is 0 Å². The van der Waals surface area contributed by atoms with E-state index < -0.39 is 5.91 Å². The predicted octanol–water partition coefficient (Wildman–Crippen LogP) is 3.86. The molecule has 0 aliphatic rings. The summed E-state index contributed by atoms with van der Waals surface area (Å²) in [5, 5.41) is 16.7. The van der Waals surface area contributed by atoms with Crippen LogP contribution in [-0.4, -0.2) is 20.8 Å². The molecule has 0 saturated heterocycles. The van der Waals surface area contributed by atoms with Crippen molar-refractivity contribution in [1.82, 2.24) is 9.78 Å². The van der Waals surface area contributed by atoms with Gasteiger partial charge in [0.2, 0.25) is 0 Å². The van der Waals surface area contributed by atoms with Gasteiger partial charge in [0.15, 0.2) is 5.76 Å². The van der Waals surface area contributed by atoms with E-state index in [1.165, 1.54) is 6.07 Å². The summed E-state index contributed by atoms with van der Waals surface area (Å²) in [4.78, 5) is 12.2. The average Bonchev–Trinajstić information content (AvgIpc) is 3.11. The lowest BCUT2D eigenvalue weighted by Gasteiger charge is -2.05. The number of aromatic hydroxyl groups is 1. The second kappa shape index (κ2) is 6.52. The van der Waals surface area contributed by atoms with Gasteiger partial charge in [-0.3, -0.25) is 9.48 Å². The van der Waals surface area contributed by atoms with Gasteiger partial charge in [-0.2, -0.15) is 5.10 Å². The minimum Gasteiger partial charge on any atom is -0.506 e. The number of hydrogen-bond acceptors (Lipinski definition) is 4. The lowest BCUT2D eigenvalue weighted by Crippen LogP contribution is -2.11. The van der Waals surface area contributed by atoms with Crippen molar-refractivity contribution in [1.29, 1.82) is 0 Å². The van der Waals surface area contributed by atoms with Crippen LogP contribution in [0, 0.1) is 13.8 Å². The van der Waals surface area contributed by atoms with E-state index in [4.69, 9.17) is 4.42 Å². The third-order valence-electron chi connectivity index (χ3n) is 3.64. The van der Waals surface area contributed by atoms with Crippen LogP contribution in [0.15, 0.2) is 45.3 Å². The summed E-state index contributed by atoms with van der Waals surface area (Å²) in [6, 6.07) is 9.87. The van der Waals surface area contributed by atoms with Gasteiger partial charge in [-0.15, -0.1) is 0 Å². The Balaban J connectivity index is 1.74. The van der Waals surface area contributed by atoms with E-state index in [1.807, 2.05) is 18.5 Å². The molecule has 0 aliphatic heterocycles. The number of phenols is 1. The minimum absolute atomic E-state index is 0.00474. The molecule has 1 aromatic carbocycles. The van der Waals surface area contributed by atoms with Crippen LogP contribution in [0.2, 0.25) is 0 Å². The zero-order chi connectivity index (χ0) is 17.3. The van der Waals surface area contributed by atoms with Crippen molar-refractivity contribution in [3.8, 4) is 5.75 Å². The van der Waals surface area contributed by atoms with Crippen LogP contribution >= 0.6 is 15.9 Å². The number of furan rings is 1. The summed E-state index contributed by atoms with van der Waals surface area (Å²) in [5.41, 5.74) is 2.23. The van der Waals surface area contributed by atoms with Crippen molar-refractivity contribution in [3.63, 3.8) is 0 Å². The highest BCUT2D eigenvalue weighted by atomic mass is 79.9. The van der Waals surface area contributed by atoms with Gasteiger partial charge in [0, 0.05) is 0 Å². The molecule has 2 aromatic heterocycles. The summed E-state index contributed by atoms with van der Waals surface area (Å²) in [6.45, 7) is 4.31. The van der Waals surface area contributed by atoms with Crippen molar-refractivity contribution in [2.45, 2.75) is 20.4 Å². The first kappa shape index (κ1) is 16.3. The van der Waals surface area contributed by atoms with Crippen molar-refractivity contribution in [2.75, 3.05) is 5.32 Å². The molecule has 6 nitrogen and oxygen atoms in total. The first-order valence-corrected chi connectivity index (χ1v) is 8.12. The zero-order valence-electron chi connectivity index (χ0n) is 13.2. The maximum atomic E-state index is 12.2. The van der Waals surface area contributed by atoms with Gasteiger partial charge in [0.1, 0.15) is 11.5 Å². The smallest absolute Gasteiger partial charge is 0.291 e. The first-order valence-electron chi connectivity index (χ1n) is 7.33. The number of carbonyl (C=O) groups excluding carboxylic acids is 1. The van der Waals surface area contributed by atoms with Crippen molar-refractivity contribution in [3.05, 3.63) is 63.8 Å². The second-order valence-electron chi connectivity index (χ2n) is 5.38. The number of nitrogens with one attached hydrogen (secondary N) is 1. The molecule has 1 amide bonds. The molecular formula is C17H16BrN3O3. The quantitative estimate of drug-likeness (QED) is 0.663. The third-order valence-corrected chi connectivity index (χ3v) is 4.78. The molecule has 0 bridgehead atoms. The molecule has 124 valence electrons. The Morgan fingerprint density at radius 3 is 2.71 bits per heavy atom. The van der Waals surface area contributed by atoms with Gasteiger partial charge in [-0.25, -0.2) is 0 Å². The number of amides is 1. The van der Waals surface area contributed by atoms with Gasteiger partial charge in [0.25, 0.3) is 5.91 Å². The van der Waals surface area contributed by atoms with E-state index in [0.29, 0.717) is 18.0 Å². The van der Waals surface area contributed by atoms with Crippen LogP contribution in [0.5, 0.6) is 5.75 Å². The monoisotopic (exact) mass is 389 g/mol. The molecule has 0 spiro atoms. The minimum atomic E-state index is -0.419. The van der Waals surface area contributed by atoms with Gasteiger partial charge < -0.3 is 14.8 Å².